The lowest BCUT2D eigenvalue weighted by molar-refractivity contribution is 0.738. The standard InChI is InChI=1S/C12H12N4.C11H12N4/c1-9-5-13-12-4-3-10(8-16(9)12)11-6-14-15(2)7-11;1-3-12-4-2-8(1)9-5-10-11(13-6-9)7-14-15-10/h3-8H,1-2H3;1,5-7,12H,2-4H2,(H,14,15). The van der Waals surface area contributed by atoms with Gasteiger partial charge in [-0.25, -0.2) is 4.98 Å². The van der Waals surface area contributed by atoms with Gasteiger partial charge in [-0.05, 0) is 49.2 Å². The molecule has 0 radical (unpaired) electrons. The Morgan fingerprint density at radius 3 is 2.71 bits per heavy atom. The fourth-order valence-corrected chi connectivity index (χ4v) is 3.73. The molecule has 0 aliphatic carbocycles. The zero-order valence-electron chi connectivity index (χ0n) is 17.6. The second-order valence-corrected chi connectivity index (χ2v) is 7.66. The van der Waals surface area contributed by atoms with Crippen molar-refractivity contribution in [2.75, 3.05) is 13.1 Å². The van der Waals surface area contributed by atoms with Crippen LogP contribution in [0.2, 0.25) is 0 Å². The van der Waals surface area contributed by atoms with Crippen molar-refractivity contribution in [3.05, 3.63) is 72.7 Å². The highest BCUT2D eigenvalue weighted by atomic mass is 15.2. The summed E-state index contributed by atoms with van der Waals surface area (Å²) >= 11 is 0. The Labute approximate surface area is 179 Å². The Morgan fingerprint density at radius 2 is 1.90 bits per heavy atom. The van der Waals surface area contributed by atoms with E-state index >= 15 is 0 Å². The fraction of sp³-hybridized carbons (Fsp3) is 0.217. The number of fused-ring (bicyclic) bond motifs is 2. The van der Waals surface area contributed by atoms with Gasteiger partial charge in [-0.3, -0.25) is 14.8 Å². The van der Waals surface area contributed by atoms with Gasteiger partial charge in [0.1, 0.15) is 11.2 Å². The van der Waals surface area contributed by atoms with Gasteiger partial charge in [-0.1, -0.05) is 6.08 Å². The number of aryl methyl sites for hydroxylation is 2. The number of pyridine rings is 2. The molecule has 0 saturated carbocycles. The summed E-state index contributed by atoms with van der Waals surface area (Å²) in [7, 11) is 1.92. The number of nitrogens with one attached hydrogen (secondary N) is 2. The van der Waals surface area contributed by atoms with Crippen molar-refractivity contribution in [1.29, 1.82) is 0 Å². The van der Waals surface area contributed by atoms with Crippen LogP contribution >= 0.6 is 0 Å². The second-order valence-electron chi connectivity index (χ2n) is 7.66. The zero-order valence-corrected chi connectivity index (χ0v) is 17.6. The van der Waals surface area contributed by atoms with Crippen molar-refractivity contribution in [2.24, 2.45) is 7.05 Å². The van der Waals surface area contributed by atoms with Crippen LogP contribution in [0.5, 0.6) is 0 Å². The van der Waals surface area contributed by atoms with Gasteiger partial charge in [0.15, 0.2) is 0 Å². The summed E-state index contributed by atoms with van der Waals surface area (Å²) in [4.78, 5) is 8.66. The molecule has 1 aliphatic heterocycles. The largest absolute Gasteiger partial charge is 0.313 e. The van der Waals surface area contributed by atoms with Crippen LogP contribution in [0.4, 0.5) is 0 Å². The summed E-state index contributed by atoms with van der Waals surface area (Å²) < 4.78 is 3.89. The molecule has 1 aliphatic rings. The Hall–Kier alpha value is -3.78. The monoisotopic (exact) mass is 412 g/mol. The number of imidazole rings is 1. The summed E-state index contributed by atoms with van der Waals surface area (Å²) in [5.41, 5.74) is 8.90. The summed E-state index contributed by atoms with van der Waals surface area (Å²) in [6.07, 6.45) is 14.8. The SMILES string of the molecule is C1=C(c2cnc3cn[nH]c3c2)CCNC1.Cc1cnc2ccc(-c3cnn(C)c3)cn12. The maximum atomic E-state index is 4.36. The number of hydrogen-bond acceptors (Lipinski definition) is 5. The maximum absolute atomic E-state index is 4.36. The molecule has 0 unspecified atom stereocenters. The van der Waals surface area contributed by atoms with Crippen molar-refractivity contribution in [1.82, 2.24) is 39.7 Å². The molecule has 0 spiro atoms. The van der Waals surface area contributed by atoms with Crippen LogP contribution in [0.25, 0.3) is 33.4 Å². The minimum atomic E-state index is 0.924. The molecule has 8 nitrogen and oxygen atoms in total. The van der Waals surface area contributed by atoms with Gasteiger partial charge in [-0.15, -0.1) is 0 Å². The van der Waals surface area contributed by atoms with E-state index in [2.05, 4.69) is 59.4 Å². The number of hydrogen-bond donors (Lipinski definition) is 2. The zero-order chi connectivity index (χ0) is 21.2. The molecule has 5 aromatic rings. The predicted octanol–water partition coefficient (Wildman–Crippen LogP) is 3.38. The minimum absolute atomic E-state index is 0.924. The van der Waals surface area contributed by atoms with Crippen LogP contribution in [0.1, 0.15) is 17.7 Å². The number of aromatic amines is 1. The highest BCUT2D eigenvalue weighted by molar-refractivity contribution is 5.79. The lowest BCUT2D eigenvalue weighted by atomic mass is 10.0. The van der Waals surface area contributed by atoms with Gasteiger partial charge in [0.2, 0.25) is 0 Å². The fourth-order valence-electron chi connectivity index (χ4n) is 3.73. The molecule has 31 heavy (non-hydrogen) atoms. The van der Waals surface area contributed by atoms with E-state index in [9.17, 15) is 0 Å². The molecule has 156 valence electrons. The third kappa shape index (κ3) is 3.97. The van der Waals surface area contributed by atoms with Crippen molar-refractivity contribution in [2.45, 2.75) is 13.3 Å². The Kier molecular flexibility index (Phi) is 5.05. The first kappa shape index (κ1) is 19.2. The van der Waals surface area contributed by atoms with E-state index in [4.69, 9.17) is 0 Å². The molecular formula is C23H24N8. The maximum Gasteiger partial charge on any atom is 0.136 e. The lowest BCUT2D eigenvalue weighted by Gasteiger charge is -2.13. The van der Waals surface area contributed by atoms with Crippen molar-refractivity contribution < 1.29 is 0 Å². The van der Waals surface area contributed by atoms with Gasteiger partial charge in [0.05, 0.1) is 17.9 Å². The third-order valence-corrected chi connectivity index (χ3v) is 5.45. The van der Waals surface area contributed by atoms with Crippen LogP contribution in [-0.2, 0) is 7.05 Å². The van der Waals surface area contributed by atoms with Crippen LogP contribution < -0.4 is 5.32 Å². The summed E-state index contributed by atoms with van der Waals surface area (Å²) in [5.74, 6) is 0. The van der Waals surface area contributed by atoms with Gasteiger partial charge in [0, 0.05) is 55.2 Å². The summed E-state index contributed by atoms with van der Waals surface area (Å²) in [6, 6.07) is 6.21. The van der Waals surface area contributed by atoms with E-state index in [-0.39, 0.29) is 0 Å². The van der Waals surface area contributed by atoms with E-state index < -0.39 is 0 Å². The third-order valence-electron chi connectivity index (χ3n) is 5.45. The second kappa shape index (κ2) is 8.16. The molecular weight excluding hydrogens is 388 g/mol. The van der Waals surface area contributed by atoms with Crippen LogP contribution in [0.15, 0.2) is 61.5 Å². The average molecular weight is 413 g/mol. The van der Waals surface area contributed by atoms with Crippen LogP contribution in [0.3, 0.4) is 0 Å². The van der Waals surface area contributed by atoms with E-state index in [1.165, 1.54) is 11.1 Å². The van der Waals surface area contributed by atoms with Crippen molar-refractivity contribution >= 4 is 22.3 Å². The Morgan fingerprint density at radius 1 is 0.968 bits per heavy atom. The molecule has 6 rings (SSSR count). The first-order chi connectivity index (χ1) is 15.2. The minimum Gasteiger partial charge on any atom is -0.313 e. The summed E-state index contributed by atoms with van der Waals surface area (Å²) in [6.45, 7) is 4.05. The Bertz CT molecular complexity index is 1370. The van der Waals surface area contributed by atoms with Crippen LogP contribution in [-0.4, -0.2) is 47.4 Å². The number of rotatable bonds is 2. The summed E-state index contributed by atoms with van der Waals surface area (Å²) in [5, 5.41) is 14.4. The molecule has 0 saturated heterocycles. The molecule has 8 heteroatoms. The van der Waals surface area contributed by atoms with E-state index in [0.717, 1.165) is 53.0 Å². The molecule has 6 heterocycles. The molecule has 0 atom stereocenters. The first-order valence-electron chi connectivity index (χ1n) is 10.3. The normalized spacial score (nSPS) is 13.8. The highest BCUT2D eigenvalue weighted by Crippen LogP contribution is 2.21. The quantitative estimate of drug-likeness (QED) is 0.464. The lowest BCUT2D eigenvalue weighted by Crippen LogP contribution is -2.20. The highest BCUT2D eigenvalue weighted by Gasteiger charge is 2.07. The molecule has 0 amide bonds. The van der Waals surface area contributed by atoms with Crippen LogP contribution in [0, 0.1) is 6.92 Å². The first-order valence-corrected chi connectivity index (χ1v) is 10.3. The average Bonchev–Trinajstić information content (AvgIpc) is 3.54. The molecule has 0 aromatic carbocycles. The molecule has 0 bridgehead atoms. The smallest absolute Gasteiger partial charge is 0.136 e. The van der Waals surface area contributed by atoms with Gasteiger partial charge in [-0.2, -0.15) is 10.2 Å². The van der Waals surface area contributed by atoms with Crippen molar-refractivity contribution in [3.8, 4) is 11.1 Å². The van der Waals surface area contributed by atoms with Gasteiger partial charge in [0.25, 0.3) is 0 Å². The van der Waals surface area contributed by atoms with E-state index in [1.54, 1.807) is 10.9 Å². The Balaban J connectivity index is 0.000000132. The number of H-pyrrole nitrogens is 1. The molecule has 5 aromatic heterocycles. The van der Waals surface area contributed by atoms with Gasteiger partial charge < -0.3 is 9.72 Å². The molecule has 2 N–H and O–H groups in total. The number of nitrogens with zero attached hydrogens (tertiary/aromatic N) is 6. The van der Waals surface area contributed by atoms with Gasteiger partial charge >= 0.3 is 0 Å². The number of aromatic nitrogens is 7. The molecule has 0 fully saturated rings. The predicted molar refractivity (Wildman–Crippen MR) is 121 cm³/mol. The van der Waals surface area contributed by atoms with E-state index in [0.29, 0.717) is 0 Å². The van der Waals surface area contributed by atoms with Crippen molar-refractivity contribution in [3.63, 3.8) is 0 Å². The topological polar surface area (TPSA) is 88.7 Å². The van der Waals surface area contributed by atoms with E-state index in [1.807, 2.05) is 44.8 Å².